The topological polar surface area (TPSA) is 129 Å². The number of nitrogens with zero attached hydrogens (tertiary/aromatic N) is 2. The van der Waals surface area contributed by atoms with E-state index in [1.54, 1.807) is 30.3 Å². The first kappa shape index (κ1) is 23.5. The molecule has 3 rings (SSSR count). The summed E-state index contributed by atoms with van der Waals surface area (Å²) in [6.45, 7) is 4.51. The quantitative estimate of drug-likeness (QED) is 0.385. The Hall–Kier alpha value is -4.21. The number of aromatic nitrogens is 2. The summed E-state index contributed by atoms with van der Waals surface area (Å²) < 4.78 is 16.1. The van der Waals surface area contributed by atoms with Crippen molar-refractivity contribution < 1.29 is 28.6 Å². The minimum absolute atomic E-state index is 0.159. The molecule has 0 saturated heterocycles. The van der Waals surface area contributed by atoms with Crippen molar-refractivity contribution in [2.24, 2.45) is 0 Å². The van der Waals surface area contributed by atoms with E-state index in [9.17, 15) is 14.4 Å². The number of para-hydroxylation sites is 1. The summed E-state index contributed by atoms with van der Waals surface area (Å²) >= 11 is 0. The Labute approximate surface area is 190 Å². The fourth-order valence-electron chi connectivity index (χ4n) is 3.09. The maximum atomic E-state index is 12.2. The molecule has 3 aromatic rings. The number of nitrogens with one attached hydrogen (secondary N) is 2. The number of ether oxygens (including phenoxy) is 3. The summed E-state index contributed by atoms with van der Waals surface area (Å²) in [7, 11) is 1.46. The molecule has 1 aromatic heterocycles. The summed E-state index contributed by atoms with van der Waals surface area (Å²) in [5.74, 6) is -0.193. The Kier molecular flexibility index (Phi) is 7.39. The molecule has 0 atom stereocenters. The fourth-order valence-corrected chi connectivity index (χ4v) is 3.09. The zero-order valence-electron chi connectivity index (χ0n) is 18.7. The lowest BCUT2D eigenvalue weighted by Crippen LogP contribution is -2.13. The summed E-state index contributed by atoms with van der Waals surface area (Å²) in [6, 6.07) is 8.21. The summed E-state index contributed by atoms with van der Waals surface area (Å²) in [4.78, 5) is 44.0. The Bertz CT molecular complexity index is 1210. The molecule has 10 heteroatoms. The maximum absolute atomic E-state index is 12.2. The second-order valence-electron chi connectivity index (χ2n) is 7.05. The molecule has 10 nitrogen and oxygen atoms in total. The molecule has 0 bridgehead atoms. The number of hydrogen-bond donors (Lipinski definition) is 2. The van der Waals surface area contributed by atoms with Crippen LogP contribution in [0.15, 0.2) is 36.7 Å². The average molecular weight is 452 g/mol. The Morgan fingerprint density at radius 3 is 2.42 bits per heavy atom. The molecule has 1 amide bonds. The zero-order valence-corrected chi connectivity index (χ0v) is 18.7. The maximum Gasteiger partial charge on any atom is 0.311 e. The van der Waals surface area contributed by atoms with E-state index >= 15 is 0 Å². The van der Waals surface area contributed by atoms with Gasteiger partial charge in [0.25, 0.3) is 0 Å². The third-order valence-corrected chi connectivity index (χ3v) is 4.42. The molecule has 0 aliphatic rings. The van der Waals surface area contributed by atoms with Crippen molar-refractivity contribution in [2.75, 3.05) is 17.7 Å². The second-order valence-corrected chi connectivity index (χ2v) is 7.05. The molecule has 0 saturated carbocycles. The van der Waals surface area contributed by atoms with Gasteiger partial charge in [0.05, 0.1) is 24.0 Å². The zero-order chi connectivity index (χ0) is 24.0. The van der Waals surface area contributed by atoms with Crippen molar-refractivity contribution in [3.63, 3.8) is 0 Å². The van der Waals surface area contributed by atoms with E-state index in [0.29, 0.717) is 40.3 Å². The van der Waals surface area contributed by atoms with Crippen LogP contribution < -0.4 is 24.8 Å². The van der Waals surface area contributed by atoms with Crippen LogP contribution in [-0.2, 0) is 14.4 Å². The molecule has 0 fully saturated rings. The van der Waals surface area contributed by atoms with Crippen molar-refractivity contribution in [1.82, 2.24) is 9.97 Å². The van der Waals surface area contributed by atoms with E-state index in [1.165, 1.54) is 27.3 Å². The third-order valence-electron chi connectivity index (χ3n) is 4.42. The molecular weight excluding hydrogens is 428 g/mol. The lowest BCUT2D eigenvalue weighted by molar-refractivity contribution is -0.134. The van der Waals surface area contributed by atoms with Crippen molar-refractivity contribution in [3.8, 4) is 17.2 Å². The third kappa shape index (κ3) is 5.73. The summed E-state index contributed by atoms with van der Waals surface area (Å²) in [5.41, 5.74) is 1.26. The number of fused-ring (bicyclic) bond motifs is 1. The SMILES string of the molecule is CCCC(=O)Oc1c(NC(C)=O)cccc1Nc1ncnc2cc(OC)c(OC(C)=O)cc12. The minimum Gasteiger partial charge on any atom is -0.493 e. The van der Waals surface area contributed by atoms with Gasteiger partial charge in [-0.2, -0.15) is 0 Å². The number of hydrogen-bond acceptors (Lipinski definition) is 9. The van der Waals surface area contributed by atoms with Crippen LogP contribution in [0.4, 0.5) is 17.2 Å². The van der Waals surface area contributed by atoms with Gasteiger partial charge in [0, 0.05) is 31.7 Å². The van der Waals surface area contributed by atoms with Crippen LogP contribution in [0, 0.1) is 0 Å². The van der Waals surface area contributed by atoms with Crippen LogP contribution in [0.5, 0.6) is 17.2 Å². The molecule has 0 unspecified atom stereocenters. The van der Waals surface area contributed by atoms with Gasteiger partial charge in [-0.25, -0.2) is 9.97 Å². The van der Waals surface area contributed by atoms with E-state index in [4.69, 9.17) is 14.2 Å². The summed E-state index contributed by atoms with van der Waals surface area (Å²) in [5, 5.41) is 6.33. The number of amides is 1. The van der Waals surface area contributed by atoms with Gasteiger partial charge >= 0.3 is 11.9 Å². The van der Waals surface area contributed by atoms with Crippen LogP contribution in [0.3, 0.4) is 0 Å². The Morgan fingerprint density at radius 2 is 1.76 bits per heavy atom. The van der Waals surface area contributed by atoms with E-state index < -0.39 is 11.9 Å². The monoisotopic (exact) mass is 452 g/mol. The largest absolute Gasteiger partial charge is 0.493 e. The molecule has 0 aliphatic carbocycles. The van der Waals surface area contributed by atoms with Crippen molar-refractivity contribution >= 4 is 45.9 Å². The van der Waals surface area contributed by atoms with Crippen molar-refractivity contribution in [1.29, 1.82) is 0 Å². The molecule has 0 radical (unpaired) electrons. The van der Waals surface area contributed by atoms with Gasteiger partial charge in [-0.3, -0.25) is 14.4 Å². The minimum atomic E-state index is -0.507. The first-order chi connectivity index (χ1) is 15.8. The van der Waals surface area contributed by atoms with Crippen LogP contribution in [0.2, 0.25) is 0 Å². The first-order valence-electron chi connectivity index (χ1n) is 10.2. The number of esters is 2. The molecule has 33 heavy (non-hydrogen) atoms. The van der Waals surface area contributed by atoms with Crippen LogP contribution in [0.1, 0.15) is 33.6 Å². The van der Waals surface area contributed by atoms with Crippen molar-refractivity contribution in [2.45, 2.75) is 33.6 Å². The summed E-state index contributed by atoms with van der Waals surface area (Å²) in [6.07, 6.45) is 2.19. The van der Waals surface area contributed by atoms with Gasteiger partial charge < -0.3 is 24.8 Å². The molecule has 2 N–H and O–H groups in total. The highest BCUT2D eigenvalue weighted by molar-refractivity contribution is 5.97. The van der Waals surface area contributed by atoms with Crippen LogP contribution in [-0.4, -0.2) is 34.9 Å². The van der Waals surface area contributed by atoms with Crippen LogP contribution >= 0.6 is 0 Å². The van der Waals surface area contributed by atoms with E-state index in [1.807, 2.05) is 6.92 Å². The Balaban J connectivity index is 2.09. The second kappa shape index (κ2) is 10.4. The predicted octanol–water partition coefficient (Wildman–Crippen LogP) is 3.97. The molecule has 2 aromatic carbocycles. The van der Waals surface area contributed by atoms with Gasteiger partial charge in [-0.1, -0.05) is 13.0 Å². The van der Waals surface area contributed by atoms with Gasteiger partial charge in [-0.05, 0) is 24.6 Å². The van der Waals surface area contributed by atoms with Gasteiger partial charge in [-0.15, -0.1) is 0 Å². The predicted molar refractivity (Wildman–Crippen MR) is 122 cm³/mol. The highest BCUT2D eigenvalue weighted by atomic mass is 16.6. The lowest BCUT2D eigenvalue weighted by Gasteiger charge is -2.17. The van der Waals surface area contributed by atoms with E-state index in [-0.39, 0.29) is 23.8 Å². The number of carbonyl (C=O) groups is 3. The number of benzene rings is 2. The van der Waals surface area contributed by atoms with Crippen LogP contribution in [0.25, 0.3) is 10.9 Å². The molecular formula is C23H24N4O6. The number of anilines is 3. The fraction of sp³-hybridized carbons (Fsp3) is 0.261. The molecule has 172 valence electrons. The van der Waals surface area contributed by atoms with E-state index in [2.05, 4.69) is 20.6 Å². The highest BCUT2D eigenvalue weighted by Gasteiger charge is 2.18. The van der Waals surface area contributed by atoms with Gasteiger partial charge in [0.2, 0.25) is 5.91 Å². The average Bonchev–Trinajstić information content (AvgIpc) is 2.75. The Morgan fingerprint density at radius 1 is 1.00 bits per heavy atom. The van der Waals surface area contributed by atoms with Gasteiger partial charge in [0.1, 0.15) is 12.1 Å². The normalized spacial score (nSPS) is 10.4. The molecule has 0 aliphatic heterocycles. The standard InChI is InChI=1S/C23H24N4O6/c1-5-7-21(30)33-22-16(26-13(2)28)8-6-9-17(22)27-23-15-10-20(32-14(3)29)19(31-4)11-18(15)24-12-25-23/h6,8-12H,5,7H2,1-4H3,(H,26,28)(H,24,25,27). The smallest absolute Gasteiger partial charge is 0.311 e. The molecule has 1 heterocycles. The first-order valence-corrected chi connectivity index (χ1v) is 10.2. The number of carbonyl (C=O) groups excluding carboxylic acids is 3. The number of rotatable bonds is 8. The number of methoxy groups -OCH3 is 1. The highest BCUT2D eigenvalue weighted by Crippen LogP contribution is 2.38. The molecule has 0 spiro atoms. The van der Waals surface area contributed by atoms with E-state index in [0.717, 1.165) is 0 Å². The lowest BCUT2D eigenvalue weighted by atomic mass is 10.2. The van der Waals surface area contributed by atoms with Gasteiger partial charge in [0.15, 0.2) is 17.2 Å². The van der Waals surface area contributed by atoms with Crippen molar-refractivity contribution in [3.05, 3.63) is 36.7 Å².